The topological polar surface area (TPSA) is 113 Å². The molecule has 8 nitrogen and oxygen atoms in total. The summed E-state index contributed by atoms with van der Waals surface area (Å²) in [7, 11) is 1.58. The van der Waals surface area contributed by atoms with Crippen molar-refractivity contribution in [3.63, 3.8) is 0 Å². The zero-order valence-corrected chi connectivity index (χ0v) is 10.3. The first kappa shape index (κ1) is 13.0. The van der Waals surface area contributed by atoms with E-state index in [0.29, 0.717) is 18.0 Å². The van der Waals surface area contributed by atoms with Gasteiger partial charge in [-0.15, -0.1) is 0 Å². The Kier molecular flexibility index (Phi) is 4.04. The minimum Gasteiger partial charge on any atom is -0.378 e. The fourth-order valence-corrected chi connectivity index (χ4v) is 1.48. The molecule has 2 rings (SSSR count). The summed E-state index contributed by atoms with van der Waals surface area (Å²) in [6.45, 7) is 0.631. The molecular weight excluding hydrogens is 250 g/mol. The van der Waals surface area contributed by atoms with E-state index in [1.165, 1.54) is 12.5 Å². The van der Waals surface area contributed by atoms with Crippen LogP contribution in [0.15, 0.2) is 28.2 Å². The Balaban J connectivity index is 2.07. The van der Waals surface area contributed by atoms with Crippen LogP contribution in [0.5, 0.6) is 0 Å². The van der Waals surface area contributed by atoms with Gasteiger partial charge in [0.2, 0.25) is 0 Å². The van der Waals surface area contributed by atoms with E-state index in [9.17, 15) is 9.59 Å². The minimum absolute atomic E-state index is 0.246. The fourth-order valence-electron chi connectivity index (χ4n) is 1.48. The van der Waals surface area contributed by atoms with Crippen LogP contribution in [-0.2, 0) is 17.9 Å². The van der Waals surface area contributed by atoms with Crippen LogP contribution in [0.1, 0.15) is 11.3 Å². The zero-order chi connectivity index (χ0) is 13.7. The van der Waals surface area contributed by atoms with Crippen LogP contribution >= 0.6 is 0 Å². The van der Waals surface area contributed by atoms with Crippen molar-refractivity contribution in [1.82, 2.24) is 19.9 Å². The minimum atomic E-state index is -0.529. The molecule has 0 aliphatic carbocycles. The predicted molar refractivity (Wildman–Crippen MR) is 67.8 cm³/mol. The smallest absolute Gasteiger partial charge is 0.325 e. The van der Waals surface area contributed by atoms with Gasteiger partial charge in [-0.25, -0.2) is 14.8 Å². The summed E-state index contributed by atoms with van der Waals surface area (Å²) < 4.78 is 4.97. The summed E-state index contributed by atoms with van der Waals surface area (Å²) in [5, 5.41) is 2.97. The van der Waals surface area contributed by atoms with Crippen molar-refractivity contribution in [2.24, 2.45) is 0 Å². The molecule has 0 radical (unpaired) electrons. The lowest BCUT2D eigenvalue weighted by atomic mass is 10.3. The molecule has 0 fully saturated rings. The SMILES string of the molecule is COCc1cc(NCc2c[nH]c(=O)[nH]c2=O)ncn1. The van der Waals surface area contributed by atoms with Gasteiger partial charge in [0.1, 0.15) is 12.1 Å². The van der Waals surface area contributed by atoms with Crippen LogP contribution in [0.2, 0.25) is 0 Å². The van der Waals surface area contributed by atoms with E-state index < -0.39 is 11.2 Å². The molecular formula is C11H13N5O3. The van der Waals surface area contributed by atoms with E-state index in [0.717, 1.165) is 5.69 Å². The van der Waals surface area contributed by atoms with Gasteiger partial charge in [0, 0.05) is 25.9 Å². The molecule has 2 aromatic heterocycles. The van der Waals surface area contributed by atoms with Gasteiger partial charge in [-0.3, -0.25) is 9.78 Å². The van der Waals surface area contributed by atoms with Gasteiger partial charge in [-0.05, 0) is 0 Å². The van der Waals surface area contributed by atoms with Gasteiger partial charge in [0.25, 0.3) is 5.56 Å². The normalized spacial score (nSPS) is 10.4. The molecule has 100 valence electrons. The van der Waals surface area contributed by atoms with Gasteiger partial charge in [-0.2, -0.15) is 0 Å². The highest BCUT2D eigenvalue weighted by atomic mass is 16.5. The van der Waals surface area contributed by atoms with Gasteiger partial charge in [-0.1, -0.05) is 0 Å². The maximum atomic E-state index is 11.5. The first-order valence-electron chi connectivity index (χ1n) is 5.53. The monoisotopic (exact) mass is 263 g/mol. The number of hydrogen-bond donors (Lipinski definition) is 3. The molecule has 0 saturated heterocycles. The molecule has 0 aromatic carbocycles. The van der Waals surface area contributed by atoms with E-state index >= 15 is 0 Å². The second-order valence-corrected chi connectivity index (χ2v) is 3.78. The fraction of sp³-hybridized carbons (Fsp3) is 0.273. The Morgan fingerprint density at radius 2 is 2.21 bits per heavy atom. The average molecular weight is 263 g/mol. The van der Waals surface area contributed by atoms with Crippen molar-refractivity contribution < 1.29 is 4.74 Å². The van der Waals surface area contributed by atoms with Gasteiger partial charge in [0.05, 0.1) is 17.9 Å². The van der Waals surface area contributed by atoms with Crippen molar-refractivity contribution in [2.45, 2.75) is 13.2 Å². The molecule has 0 saturated carbocycles. The molecule has 3 N–H and O–H groups in total. The second kappa shape index (κ2) is 5.91. The Hall–Kier alpha value is -2.48. The quantitative estimate of drug-likeness (QED) is 0.677. The summed E-state index contributed by atoms with van der Waals surface area (Å²) in [5.74, 6) is 0.577. The van der Waals surface area contributed by atoms with Crippen molar-refractivity contribution in [2.75, 3.05) is 12.4 Å². The Labute approximate surface area is 107 Å². The number of anilines is 1. The number of nitrogens with zero attached hydrogens (tertiary/aromatic N) is 2. The third-order valence-electron chi connectivity index (χ3n) is 2.37. The summed E-state index contributed by atoms with van der Waals surface area (Å²) in [6.07, 6.45) is 2.78. The lowest BCUT2D eigenvalue weighted by molar-refractivity contribution is 0.181. The second-order valence-electron chi connectivity index (χ2n) is 3.78. The molecule has 0 aliphatic heterocycles. The number of ether oxygens (including phenoxy) is 1. The van der Waals surface area contributed by atoms with E-state index in [-0.39, 0.29) is 6.54 Å². The number of methoxy groups -OCH3 is 1. The number of rotatable bonds is 5. The number of nitrogens with one attached hydrogen (secondary N) is 3. The molecule has 0 unspecified atom stereocenters. The van der Waals surface area contributed by atoms with Gasteiger partial charge < -0.3 is 15.0 Å². The first-order chi connectivity index (χ1) is 9.19. The molecule has 0 aliphatic rings. The van der Waals surface area contributed by atoms with E-state index in [4.69, 9.17) is 4.74 Å². The summed E-state index contributed by atoms with van der Waals surface area (Å²) >= 11 is 0. The molecule has 0 bridgehead atoms. The molecule has 2 aromatic rings. The Morgan fingerprint density at radius 3 is 2.95 bits per heavy atom. The highest BCUT2D eigenvalue weighted by molar-refractivity contribution is 5.35. The van der Waals surface area contributed by atoms with Crippen LogP contribution in [0.3, 0.4) is 0 Å². The summed E-state index contributed by atoms with van der Waals surface area (Å²) in [4.78, 5) is 34.9. The predicted octanol–water partition coefficient (Wildman–Crippen LogP) is -0.388. The lowest BCUT2D eigenvalue weighted by Crippen LogP contribution is -2.25. The third kappa shape index (κ3) is 3.49. The van der Waals surface area contributed by atoms with E-state index in [1.807, 2.05) is 0 Å². The molecule has 2 heterocycles. The van der Waals surface area contributed by atoms with Gasteiger partial charge >= 0.3 is 5.69 Å². The Bertz CT molecular complexity index is 664. The standard InChI is InChI=1S/C11H13N5O3/c1-19-5-8-2-9(15-6-14-8)12-3-7-4-13-11(18)16-10(7)17/h2,4,6H,3,5H2,1H3,(H,12,14,15)(H2,13,16,17,18). The molecule has 0 spiro atoms. The highest BCUT2D eigenvalue weighted by Gasteiger charge is 2.02. The van der Waals surface area contributed by atoms with Crippen molar-refractivity contribution >= 4 is 5.82 Å². The van der Waals surface area contributed by atoms with E-state index in [2.05, 4.69) is 25.3 Å². The number of aromatic amines is 2. The number of aromatic nitrogens is 4. The molecule has 8 heteroatoms. The lowest BCUT2D eigenvalue weighted by Gasteiger charge is -2.05. The molecule has 0 atom stereocenters. The van der Waals surface area contributed by atoms with Crippen LogP contribution < -0.4 is 16.6 Å². The van der Waals surface area contributed by atoms with Crippen LogP contribution in [0.25, 0.3) is 0 Å². The first-order valence-corrected chi connectivity index (χ1v) is 5.53. The van der Waals surface area contributed by atoms with Crippen molar-refractivity contribution in [1.29, 1.82) is 0 Å². The van der Waals surface area contributed by atoms with Crippen LogP contribution in [0, 0.1) is 0 Å². The number of H-pyrrole nitrogens is 2. The highest BCUT2D eigenvalue weighted by Crippen LogP contribution is 2.05. The van der Waals surface area contributed by atoms with Crippen molar-refractivity contribution in [3.05, 3.63) is 50.7 Å². The Morgan fingerprint density at radius 1 is 1.37 bits per heavy atom. The zero-order valence-electron chi connectivity index (χ0n) is 10.3. The average Bonchev–Trinajstić information content (AvgIpc) is 2.38. The summed E-state index contributed by atoms with van der Waals surface area (Å²) in [6, 6.07) is 1.73. The maximum Gasteiger partial charge on any atom is 0.325 e. The van der Waals surface area contributed by atoms with Crippen LogP contribution in [-0.4, -0.2) is 27.0 Å². The largest absolute Gasteiger partial charge is 0.378 e. The molecule has 19 heavy (non-hydrogen) atoms. The van der Waals surface area contributed by atoms with Crippen LogP contribution in [0.4, 0.5) is 5.82 Å². The van der Waals surface area contributed by atoms with E-state index in [1.54, 1.807) is 13.2 Å². The van der Waals surface area contributed by atoms with Gasteiger partial charge in [0.15, 0.2) is 0 Å². The summed E-state index contributed by atoms with van der Waals surface area (Å²) in [5.41, 5.74) is 0.183. The van der Waals surface area contributed by atoms with Crippen molar-refractivity contribution in [3.8, 4) is 0 Å². The third-order valence-corrected chi connectivity index (χ3v) is 2.37. The number of hydrogen-bond acceptors (Lipinski definition) is 6. The maximum absolute atomic E-state index is 11.5. The molecule has 0 amide bonds.